The average Bonchev–Trinajstić information content (AvgIpc) is 3.43. The Hall–Kier alpha value is -3.59. The molecule has 3 aromatic heterocycles. The highest BCUT2D eigenvalue weighted by molar-refractivity contribution is 5.58. The van der Waals surface area contributed by atoms with Crippen LogP contribution in [0.15, 0.2) is 55.2 Å². The van der Waals surface area contributed by atoms with Gasteiger partial charge in [0, 0.05) is 25.3 Å². The van der Waals surface area contributed by atoms with Crippen molar-refractivity contribution in [1.82, 2.24) is 34.5 Å². The first-order valence-corrected chi connectivity index (χ1v) is 8.69. The molecule has 0 aliphatic carbocycles. The molecule has 3 heterocycles. The summed E-state index contributed by atoms with van der Waals surface area (Å²) in [6, 6.07) is 11.5. The highest BCUT2D eigenvalue weighted by Crippen LogP contribution is 2.23. The highest BCUT2D eigenvalue weighted by Gasteiger charge is 2.14. The van der Waals surface area contributed by atoms with Gasteiger partial charge in [0.1, 0.15) is 24.2 Å². The van der Waals surface area contributed by atoms with Crippen molar-refractivity contribution < 1.29 is 9.47 Å². The van der Waals surface area contributed by atoms with Crippen LogP contribution in [0.3, 0.4) is 0 Å². The smallest absolute Gasteiger partial charge is 0.165 e. The van der Waals surface area contributed by atoms with Crippen LogP contribution in [-0.2, 0) is 11.2 Å². The quantitative estimate of drug-likeness (QED) is 0.487. The van der Waals surface area contributed by atoms with E-state index < -0.39 is 0 Å². The summed E-state index contributed by atoms with van der Waals surface area (Å²) in [5.41, 5.74) is 1.73. The Morgan fingerprint density at radius 3 is 2.39 bits per heavy atom. The summed E-state index contributed by atoms with van der Waals surface area (Å²) < 4.78 is 13.9. The molecule has 0 N–H and O–H groups in total. The van der Waals surface area contributed by atoms with Gasteiger partial charge in [0.15, 0.2) is 11.6 Å². The van der Waals surface area contributed by atoms with Gasteiger partial charge in [0.2, 0.25) is 0 Å². The molecule has 0 fully saturated rings. The normalized spacial score (nSPS) is 10.9. The average molecular weight is 377 g/mol. The Balaban J connectivity index is 1.72. The highest BCUT2D eigenvalue weighted by atomic mass is 16.5. The third kappa shape index (κ3) is 3.60. The van der Waals surface area contributed by atoms with E-state index in [2.05, 4.69) is 20.3 Å². The van der Waals surface area contributed by atoms with E-state index >= 15 is 0 Å². The lowest BCUT2D eigenvalue weighted by molar-refractivity contribution is 0.200. The van der Waals surface area contributed by atoms with Crippen LogP contribution in [0.25, 0.3) is 22.9 Å². The molecule has 0 radical (unpaired) electrons. The number of hydrogen-bond acceptors (Lipinski definition) is 7. The van der Waals surface area contributed by atoms with E-state index in [0.29, 0.717) is 24.7 Å². The Morgan fingerprint density at radius 2 is 1.75 bits per heavy atom. The molecular formula is C19H19N7O2. The molecule has 142 valence electrons. The monoisotopic (exact) mass is 377 g/mol. The molecule has 0 unspecified atom stereocenters. The van der Waals surface area contributed by atoms with Gasteiger partial charge in [-0.2, -0.15) is 5.10 Å². The van der Waals surface area contributed by atoms with Gasteiger partial charge in [-0.05, 0) is 36.4 Å². The van der Waals surface area contributed by atoms with Crippen molar-refractivity contribution in [3.8, 4) is 28.6 Å². The topological polar surface area (TPSA) is 92.8 Å². The zero-order valence-electron chi connectivity index (χ0n) is 15.6. The number of rotatable bonds is 7. The Kier molecular flexibility index (Phi) is 5.07. The predicted octanol–water partition coefficient (Wildman–Crippen LogP) is 2.11. The van der Waals surface area contributed by atoms with Gasteiger partial charge in [0.25, 0.3) is 0 Å². The lowest BCUT2D eigenvalue weighted by Crippen LogP contribution is -2.02. The van der Waals surface area contributed by atoms with Gasteiger partial charge < -0.3 is 9.47 Å². The largest absolute Gasteiger partial charge is 0.497 e. The number of benzene rings is 1. The third-order valence-electron chi connectivity index (χ3n) is 4.19. The molecule has 0 amide bonds. The van der Waals surface area contributed by atoms with Crippen molar-refractivity contribution >= 4 is 0 Å². The van der Waals surface area contributed by atoms with Crippen molar-refractivity contribution in [1.29, 1.82) is 0 Å². The van der Waals surface area contributed by atoms with Gasteiger partial charge in [-0.15, -0.1) is 10.2 Å². The molecule has 1 aromatic carbocycles. The second-order valence-corrected chi connectivity index (χ2v) is 5.98. The summed E-state index contributed by atoms with van der Waals surface area (Å²) >= 11 is 0. The molecule has 0 saturated heterocycles. The molecule has 0 spiro atoms. The third-order valence-corrected chi connectivity index (χ3v) is 4.19. The predicted molar refractivity (Wildman–Crippen MR) is 102 cm³/mol. The SMILES string of the molecule is COCCc1nc(-c2ccc(-n3cnnc3)nc2)n(-c2ccc(OC)cc2)n1. The summed E-state index contributed by atoms with van der Waals surface area (Å²) in [7, 11) is 3.30. The molecule has 0 saturated carbocycles. The fourth-order valence-corrected chi connectivity index (χ4v) is 2.73. The summed E-state index contributed by atoms with van der Waals surface area (Å²) in [5.74, 6) is 2.92. The van der Waals surface area contributed by atoms with Crippen LogP contribution in [0.4, 0.5) is 0 Å². The van der Waals surface area contributed by atoms with Crippen LogP contribution in [0.5, 0.6) is 5.75 Å². The number of hydrogen-bond donors (Lipinski definition) is 0. The maximum absolute atomic E-state index is 5.24. The second-order valence-electron chi connectivity index (χ2n) is 5.98. The van der Waals surface area contributed by atoms with E-state index in [4.69, 9.17) is 14.5 Å². The summed E-state index contributed by atoms with van der Waals surface area (Å²) in [4.78, 5) is 9.19. The van der Waals surface area contributed by atoms with Crippen molar-refractivity contribution in [3.05, 3.63) is 61.1 Å². The maximum Gasteiger partial charge on any atom is 0.165 e. The minimum absolute atomic E-state index is 0.552. The van der Waals surface area contributed by atoms with Gasteiger partial charge in [-0.25, -0.2) is 14.6 Å². The molecule has 0 bridgehead atoms. The van der Waals surface area contributed by atoms with Crippen molar-refractivity contribution in [2.45, 2.75) is 6.42 Å². The molecule has 0 atom stereocenters. The standard InChI is InChI=1S/C19H19N7O2/c1-27-10-9-17-23-19(26(24-17)15-4-6-16(28-2)7-5-15)14-3-8-18(20-11-14)25-12-21-22-13-25/h3-8,11-13H,9-10H2,1-2H3. The zero-order valence-corrected chi connectivity index (χ0v) is 15.6. The first-order valence-electron chi connectivity index (χ1n) is 8.69. The van der Waals surface area contributed by atoms with Crippen LogP contribution < -0.4 is 4.74 Å². The lowest BCUT2D eigenvalue weighted by Gasteiger charge is -2.07. The number of aromatic nitrogens is 7. The molecule has 0 aliphatic heterocycles. The minimum Gasteiger partial charge on any atom is -0.497 e. The molecule has 0 aliphatic rings. The van der Waals surface area contributed by atoms with Crippen molar-refractivity contribution in [2.75, 3.05) is 20.8 Å². The van der Waals surface area contributed by atoms with Gasteiger partial charge in [-0.1, -0.05) is 0 Å². The first kappa shape index (κ1) is 17.8. The Labute approximate surface area is 161 Å². The zero-order chi connectivity index (χ0) is 19.3. The molecule has 9 heteroatoms. The first-order chi connectivity index (χ1) is 13.8. The molecule has 4 rings (SSSR count). The second kappa shape index (κ2) is 7.97. The van der Waals surface area contributed by atoms with E-state index in [-0.39, 0.29) is 0 Å². The molecule has 9 nitrogen and oxygen atoms in total. The summed E-state index contributed by atoms with van der Waals surface area (Å²) in [5, 5.41) is 12.3. The summed E-state index contributed by atoms with van der Waals surface area (Å²) in [6.45, 7) is 0.552. The van der Waals surface area contributed by atoms with E-state index in [1.165, 1.54) is 0 Å². The van der Waals surface area contributed by atoms with Crippen LogP contribution >= 0.6 is 0 Å². The van der Waals surface area contributed by atoms with Crippen LogP contribution in [0.2, 0.25) is 0 Å². The van der Waals surface area contributed by atoms with Crippen LogP contribution in [0.1, 0.15) is 5.82 Å². The fourth-order valence-electron chi connectivity index (χ4n) is 2.73. The van der Waals surface area contributed by atoms with Crippen LogP contribution in [-0.4, -0.2) is 55.3 Å². The Morgan fingerprint density at radius 1 is 0.964 bits per heavy atom. The number of methoxy groups -OCH3 is 2. The minimum atomic E-state index is 0.552. The fraction of sp³-hybridized carbons (Fsp3) is 0.211. The van der Waals surface area contributed by atoms with Crippen molar-refractivity contribution in [3.63, 3.8) is 0 Å². The van der Waals surface area contributed by atoms with Crippen molar-refractivity contribution in [2.24, 2.45) is 0 Å². The molecular weight excluding hydrogens is 358 g/mol. The van der Waals surface area contributed by atoms with E-state index in [0.717, 1.165) is 22.8 Å². The number of ether oxygens (including phenoxy) is 2. The molecule has 4 aromatic rings. The number of pyridine rings is 1. The number of nitrogens with zero attached hydrogens (tertiary/aromatic N) is 7. The lowest BCUT2D eigenvalue weighted by atomic mass is 10.2. The maximum atomic E-state index is 5.24. The molecule has 28 heavy (non-hydrogen) atoms. The van der Waals surface area contributed by atoms with E-state index in [9.17, 15) is 0 Å². The van der Waals surface area contributed by atoms with E-state index in [1.54, 1.807) is 42.3 Å². The Bertz CT molecular complexity index is 1030. The van der Waals surface area contributed by atoms with E-state index in [1.807, 2.05) is 36.4 Å². The summed E-state index contributed by atoms with van der Waals surface area (Å²) in [6.07, 6.45) is 5.59. The van der Waals surface area contributed by atoms with Gasteiger partial charge in [-0.3, -0.25) is 4.57 Å². The van der Waals surface area contributed by atoms with Gasteiger partial charge in [0.05, 0.1) is 19.4 Å². The van der Waals surface area contributed by atoms with Crippen LogP contribution in [0, 0.1) is 0 Å². The van der Waals surface area contributed by atoms with Gasteiger partial charge >= 0.3 is 0 Å².